The normalized spacial score (nSPS) is 28.2. The number of nitrogens with one attached hydrogen (secondary N) is 1. The van der Waals surface area contributed by atoms with Gasteiger partial charge >= 0.3 is 0 Å². The predicted octanol–water partition coefficient (Wildman–Crippen LogP) is 1.46. The van der Waals surface area contributed by atoms with Crippen molar-refractivity contribution in [2.45, 2.75) is 25.7 Å². The van der Waals surface area contributed by atoms with E-state index in [4.69, 9.17) is 10.9 Å². The molecule has 0 aliphatic heterocycles. The van der Waals surface area contributed by atoms with E-state index < -0.39 is 0 Å². The molecule has 1 fully saturated rings. The highest BCUT2D eigenvalue weighted by Gasteiger charge is 2.56. The summed E-state index contributed by atoms with van der Waals surface area (Å²) in [6, 6.07) is 8.43. The van der Waals surface area contributed by atoms with Gasteiger partial charge in [-0.15, -0.1) is 0 Å². The van der Waals surface area contributed by atoms with Crippen molar-refractivity contribution in [1.29, 1.82) is 0 Å². The van der Waals surface area contributed by atoms with Crippen LogP contribution in [0.1, 0.15) is 30.4 Å². The molecule has 4 unspecified atom stereocenters. The highest BCUT2D eigenvalue weighted by molar-refractivity contribution is 5.86. The van der Waals surface area contributed by atoms with E-state index in [1.54, 1.807) is 0 Å². The minimum Gasteiger partial charge on any atom is -0.409 e. The first-order chi connectivity index (χ1) is 10.1. The maximum atomic E-state index is 12.3. The van der Waals surface area contributed by atoms with Crippen LogP contribution in [0.3, 0.4) is 0 Å². The van der Waals surface area contributed by atoms with Gasteiger partial charge < -0.3 is 16.3 Å². The van der Waals surface area contributed by atoms with Gasteiger partial charge in [0.15, 0.2) is 0 Å². The van der Waals surface area contributed by atoms with Crippen LogP contribution in [0.2, 0.25) is 0 Å². The molecule has 1 aromatic rings. The third kappa shape index (κ3) is 2.48. The molecule has 21 heavy (non-hydrogen) atoms. The van der Waals surface area contributed by atoms with Gasteiger partial charge in [0.05, 0.1) is 0 Å². The largest absolute Gasteiger partial charge is 0.409 e. The molecule has 0 saturated heterocycles. The first-order valence-corrected chi connectivity index (χ1v) is 7.46. The van der Waals surface area contributed by atoms with Gasteiger partial charge in [-0.25, -0.2) is 0 Å². The van der Waals surface area contributed by atoms with Gasteiger partial charge in [0.1, 0.15) is 5.84 Å². The summed E-state index contributed by atoms with van der Waals surface area (Å²) in [4.78, 5) is 12.3. The minimum atomic E-state index is -0.160. The van der Waals surface area contributed by atoms with Crippen LogP contribution in [0.25, 0.3) is 0 Å². The molecule has 0 aromatic heterocycles. The molecule has 1 amide bonds. The number of aryl methyl sites for hydroxylation is 1. The second-order valence-corrected chi connectivity index (χ2v) is 6.12. The van der Waals surface area contributed by atoms with E-state index in [1.165, 1.54) is 11.1 Å². The first-order valence-electron chi connectivity index (χ1n) is 7.46. The second-order valence-electron chi connectivity index (χ2n) is 6.12. The molecular formula is C16H21N3O2. The number of amidine groups is 1. The smallest absolute Gasteiger partial charge is 0.224 e. The van der Waals surface area contributed by atoms with E-state index in [1.807, 2.05) is 6.92 Å². The maximum Gasteiger partial charge on any atom is 0.224 e. The summed E-state index contributed by atoms with van der Waals surface area (Å²) in [5.41, 5.74) is 8.26. The lowest BCUT2D eigenvalue weighted by Gasteiger charge is -2.13. The van der Waals surface area contributed by atoms with Crippen LogP contribution in [0, 0.1) is 17.8 Å². The monoisotopic (exact) mass is 287 g/mol. The molecular weight excluding hydrogens is 266 g/mol. The number of hydrogen-bond donors (Lipinski definition) is 3. The SMILES string of the molecule is CC(CNC(=O)C1C2CCc3ccccc3C21)/C(N)=N/O. The number of rotatable bonds is 4. The highest BCUT2D eigenvalue weighted by atomic mass is 16.4. The Balaban J connectivity index is 1.62. The number of benzene rings is 1. The van der Waals surface area contributed by atoms with Gasteiger partial charge in [0.2, 0.25) is 5.91 Å². The molecule has 0 heterocycles. The highest BCUT2D eigenvalue weighted by Crippen LogP contribution is 2.59. The predicted molar refractivity (Wildman–Crippen MR) is 80.1 cm³/mol. The van der Waals surface area contributed by atoms with Crippen LogP contribution in [-0.2, 0) is 11.2 Å². The number of nitrogens with two attached hydrogens (primary N) is 1. The Hall–Kier alpha value is -2.04. The third-order valence-electron chi connectivity index (χ3n) is 4.84. The molecule has 5 heteroatoms. The average Bonchev–Trinajstić information content (AvgIpc) is 3.26. The lowest BCUT2D eigenvalue weighted by molar-refractivity contribution is -0.122. The molecule has 0 bridgehead atoms. The Kier molecular flexibility index (Phi) is 3.57. The van der Waals surface area contributed by atoms with Crippen molar-refractivity contribution >= 4 is 11.7 Å². The molecule has 0 spiro atoms. The van der Waals surface area contributed by atoms with Crippen LogP contribution >= 0.6 is 0 Å². The van der Waals surface area contributed by atoms with Gasteiger partial charge in [-0.3, -0.25) is 4.79 Å². The van der Waals surface area contributed by atoms with Crippen molar-refractivity contribution in [2.24, 2.45) is 28.6 Å². The number of carbonyl (C=O) groups excluding carboxylic acids is 1. The van der Waals surface area contributed by atoms with Crippen LogP contribution in [0.4, 0.5) is 0 Å². The van der Waals surface area contributed by atoms with Crippen molar-refractivity contribution in [1.82, 2.24) is 5.32 Å². The summed E-state index contributed by atoms with van der Waals surface area (Å²) in [5, 5.41) is 14.5. The Morgan fingerprint density at radius 1 is 1.52 bits per heavy atom. The Labute approximate surface area is 124 Å². The van der Waals surface area contributed by atoms with Gasteiger partial charge in [-0.1, -0.05) is 36.3 Å². The fourth-order valence-electron chi connectivity index (χ4n) is 3.50. The first kappa shape index (κ1) is 13.9. The van der Waals surface area contributed by atoms with Crippen LogP contribution in [-0.4, -0.2) is 23.5 Å². The van der Waals surface area contributed by atoms with Crippen LogP contribution < -0.4 is 11.1 Å². The van der Waals surface area contributed by atoms with Crippen molar-refractivity contribution in [3.8, 4) is 0 Å². The van der Waals surface area contributed by atoms with Gasteiger partial charge in [0.25, 0.3) is 0 Å². The summed E-state index contributed by atoms with van der Waals surface area (Å²) in [7, 11) is 0. The van der Waals surface area contributed by atoms with Crippen molar-refractivity contribution in [2.75, 3.05) is 6.54 Å². The summed E-state index contributed by atoms with van der Waals surface area (Å²) >= 11 is 0. The number of fused-ring (bicyclic) bond motifs is 3. The Morgan fingerprint density at radius 2 is 2.29 bits per heavy atom. The standard InChI is InChI=1S/C16H21N3O2/c1-9(15(17)19-21)8-18-16(20)14-12-7-6-10-4-2-3-5-11(10)13(12)14/h2-5,9,12-14,21H,6-8H2,1H3,(H2,17,19)(H,18,20). The molecule has 4 N–H and O–H groups in total. The topological polar surface area (TPSA) is 87.7 Å². The van der Waals surface area contributed by atoms with E-state index in [0.717, 1.165) is 12.8 Å². The zero-order valence-electron chi connectivity index (χ0n) is 12.1. The van der Waals surface area contributed by atoms with E-state index in [-0.39, 0.29) is 23.6 Å². The molecule has 1 saturated carbocycles. The summed E-state index contributed by atoms with van der Waals surface area (Å²) in [6.07, 6.45) is 2.16. The molecule has 1 aromatic carbocycles. The summed E-state index contributed by atoms with van der Waals surface area (Å²) in [5.74, 6) is 1.04. The summed E-state index contributed by atoms with van der Waals surface area (Å²) < 4.78 is 0. The molecule has 112 valence electrons. The molecule has 5 nitrogen and oxygen atoms in total. The zero-order valence-corrected chi connectivity index (χ0v) is 12.1. The van der Waals surface area contributed by atoms with Crippen molar-refractivity contribution in [3.63, 3.8) is 0 Å². The lowest BCUT2D eigenvalue weighted by Crippen LogP contribution is -2.35. The maximum absolute atomic E-state index is 12.3. The Bertz CT molecular complexity index is 585. The number of nitrogens with zero attached hydrogens (tertiary/aromatic N) is 1. The van der Waals surface area contributed by atoms with Crippen LogP contribution in [0.5, 0.6) is 0 Å². The van der Waals surface area contributed by atoms with Gasteiger partial charge in [-0.2, -0.15) is 0 Å². The number of oxime groups is 1. The zero-order chi connectivity index (χ0) is 15.0. The molecule has 3 rings (SSSR count). The molecule has 2 aliphatic rings. The number of carbonyl (C=O) groups is 1. The van der Waals surface area contributed by atoms with Crippen molar-refractivity contribution < 1.29 is 10.0 Å². The molecule has 0 radical (unpaired) electrons. The fourth-order valence-corrected chi connectivity index (χ4v) is 3.50. The molecule has 4 atom stereocenters. The van der Waals surface area contributed by atoms with Gasteiger partial charge in [-0.05, 0) is 35.8 Å². The fraction of sp³-hybridized carbons (Fsp3) is 0.500. The summed E-state index contributed by atoms with van der Waals surface area (Å²) in [6.45, 7) is 2.23. The van der Waals surface area contributed by atoms with E-state index in [9.17, 15) is 4.79 Å². The van der Waals surface area contributed by atoms with E-state index in [2.05, 4.69) is 34.7 Å². The van der Waals surface area contributed by atoms with Gasteiger partial charge in [0, 0.05) is 18.4 Å². The quantitative estimate of drug-likeness (QED) is 0.339. The number of hydrogen-bond acceptors (Lipinski definition) is 3. The van der Waals surface area contributed by atoms with Crippen molar-refractivity contribution in [3.05, 3.63) is 35.4 Å². The average molecular weight is 287 g/mol. The van der Waals surface area contributed by atoms with Crippen LogP contribution in [0.15, 0.2) is 29.4 Å². The van der Waals surface area contributed by atoms with E-state index in [0.29, 0.717) is 18.4 Å². The lowest BCUT2D eigenvalue weighted by atomic mass is 9.92. The minimum absolute atomic E-state index is 0.0909. The number of amides is 1. The van der Waals surface area contributed by atoms with E-state index >= 15 is 0 Å². The Morgan fingerprint density at radius 3 is 3.05 bits per heavy atom. The molecule has 2 aliphatic carbocycles. The second kappa shape index (κ2) is 5.39. The third-order valence-corrected chi connectivity index (χ3v) is 4.84.